The quantitative estimate of drug-likeness (QED) is 0.0922. The van der Waals surface area contributed by atoms with Gasteiger partial charge >= 0.3 is 5.97 Å². The molecule has 0 saturated carbocycles. The summed E-state index contributed by atoms with van der Waals surface area (Å²) in [6, 6.07) is 8.54. The van der Waals surface area contributed by atoms with Crippen LogP contribution in [-0.2, 0) is 56.9 Å². The van der Waals surface area contributed by atoms with E-state index in [-0.39, 0.29) is 13.2 Å². The van der Waals surface area contributed by atoms with E-state index in [1.54, 1.807) is 0 Å². The number of ether oxygens (including phenoxy) is 12. The molecule has 14 nitrogen and oxygen atoms in total. The summed E-state index contributed by atoms with van der Waals surface area (Å²) < 4.78 is 65.4. The lowest BCUT2D eigenvalue weighted by molar-refractivity contribution is -0.142. The molecule has 1 rings (SSSR count). The number of hydrogen-bond donors (Lipinski definition) is 1. The van der Waals surface area contributed by atoms with Crippen molar-refractivity contribution in [1.82, 2.24) is 0 Å². The van der Waals surface area contributed by atoms with E-state index in [0.717, 1.165) is 11.7 Å². The Bertz CT molecular complexity index is 907. The molecule has 0 aliphatic heterocycles. The zero-order valence-corrected chi connectivity index (χ0v) is 32.8. The minimum Gasteiger partial charge on any atom is -0.491 e. The molecule has 0 heterocycles. The highest BCUT2D eigenvalue weighted by Gasteiger charge is 2.11. The molecule has 0 aromatic heterocycles. The molecular formula is C39H70O14. The third-order valence-corrected chi connectivity index (χ3v) is 7.99. The smallest absolute Gasteiger partial charge is 0.329 e. The summed E-state index contributed by atoms with van der Waals surface area (Å²) in [5.74, 6) is 1.29. The molecule has 0 spiro atoms. The molecule has 0 saturated heterocycles. The Hall–Kier alpha value is -1.95. The first-order valence-electron chi connectivity index (χ1n) is 19.4. The third kappa shape index (κ3) is 33.1. The number of aliphatic carboxylic acids is 1. The van der Waals surface area contributed by atoms with Gasteiger partial charge in [0, 0.05) is 0 Å². The lowest BCUT2D eigenvalue weighted by Crippen LogP contribution is -2.15. The average Bonchev–Trinajstić information content (AvgIpc) is 3.16. The summed E-state index contributed by atoms with van der Waals surface area (Å²) in [5.41, 5.74) is 1.40. The summed E-state index contributed by atoms with van der Waals surface area (Å²) in [5, 5.41) is 8.44. The van der Waals surface area contributed by atoms with Gasteiger partial charge < -0.3 is 61.9 Å². The van der Waals surface area contributed by atoms with Crippen LogP contribution in [0.4, 0.5) is 0 Å². The highest BCUT2D eigenvalue weighted by Crippen LogP contribution is 2.28. The second kappa shape index (κ2) is 38.3. The fourth-order valence-electron chi connectivity index (χ4n) is 4.71. The summed E-state index contributed by atoms with van der Waals surface area (Å²) in [6.07, 6.45) is 4.94. The minimum atomic E-state index is -0.996. The molecule has 0 aliphatic rings. The molecule has 310 valence electrons. The number of benzene rings is 1. The van der Waals surface area contributed by atoms with E-state index in [1.807, 2.05) is 0 Å². The molecule has 1 N–H and O–H groups in total. The van der Waals surface area contributed by atoms with Gasteiger partial charge in [0.2, 0.25) is 0 Å². The molecular weight excluding hydrogens is 692 g/mol. The monoisotopic (exact) mass is 762 g/mol. The van der Waals surface area contributed by atoms with Crippen molar-refractivity contribution in [2.75, 3.05) is 152 Å². The lowest BCUT2D eigenvalue weighted by Gasteiger charge is -2.18. The first-order valence-corrected chi connectivity index (χ1v) is 19.4. The van der Waals surface area contributed by atoms with E-state index in [1.165, 1.54) is 31.2 Å². The summed E-state index contributed by atoms with van der Waals surface area (Å²) >= 11 is 0. The van der Waals surface area contributed by atoms with Crippen molar-refractivity contribution in [2.45, 2.75) is 52.4 Å². The predicted octanol–water partition coefficient (Wildman–Crippen LogP) is 4.65. The SMILES string of the molecule is CCC(C)CCC(CC)c1ccc(OCCOCCOCCOCCOCCOCCOCCOCCOCCOCCOCCOCC(=O)O)cc1. The Morgan fingerprint density at radius 1 is 0.472 bits per heavy atom. The van der Waals surface area contributed by atoms with E-state index in [4.69, 9.17) is 61.9 Å². The molecule has 0 aliphatic carbocycles. The van der Waals surface area contributed by atoms with Gasteiger partial charge in [-0.05, 0) is 42.4 Å². The summed E-state index contributed by atoms with van der Waals surface area (Å²) in [7, 11) is 0. The maximum absolute atomic E-state index is 10.3. The van der Waals surface area contributed by atoms with Crippen LogP contribution < -0.4 is 4.74 Å². The first kappa shape index (κ1) is 49.1. The number of carboxylic acids is 1. The normalized spacial score (nSPS) is 12.7. The first-order chi connectivity index (χ1) is 26.1. The molecule has 0 radical (unpaired) electrons. The van der Waals surface area contributed by atoms with Crippen LogP contribution in [0.1, 0.15) is 57.9 Å². The van der Waals surface area contributed by atoms with Crippen LogP contribution >= 0.6 is 0 Å². The zero-order chi connectivity index (χ0) is 38.3. The van der Waals surface area contributed by atoms with E-state index >= 15 is 0 Å². The third-order valence-electron chi connectivity index (χ3n) is 7.99. The van der Waals surface area contributed by atoms with E-state index in [9.17, 15) is 4.79 Å². The maximum atomic E-state index is 10.3. The van der Waals surface area contributed by atoms with Crippen molar-refractivity contribution in [1.29, 1.82) is 0 Å². The Balaban J connectivity index is 1.72. The molecule has 0 fully saturated rings. The molecule has 1 aromatic rings. The second-order valence-electron chi connectivity index (χ2n) is 12.2. The molecule has 2 atom stereocenters. The molecule has 0 bridgehead atoms. The van der Waals surface area contributed by atoms with Gasteiger partial charge in [-0.2, -0.15) is 0 Å². The van der Waals surface area contributed by atoms with Crippen LogP contribution in [-0.4, -0.2) is 163 Å². The molecule has 0 amide bonds. The van der Waals surface area contributed by atoms with Crippen LogP contribution in [0.3, 0.4) is 0 Å². The van der Waals surface area contributed by atoms with Crippen molar-refractivity contribution in [2.24, 2.45) is 5.92 Å². The maximum Gasteiger partial charge on any atom is 0.329 e. The van der Waals surface area contributed by atoms with Crippen LogP contribution in [0.2, 0.25) is 0 Å². The minimum absolute atomic E-state index is 0.241. The van der Waals surface area contributed by atoms with Gasteiger partial charge in [-0.15, -0.1) is 0 Å². The van der Waals surface area contributed by atoms with Gasteiger partial charge in [0.05, 0.1) is 139 Å². The predicted molar refractivity (Wildman–Crippen MR) is 200 cm³/mol. The topological polar surface area (TPSA) is 148 Å². The largest absolute Gasteiger partial charge is 0.491 e. The second-order valence-corrected chi connectivity index (χ2v) is 12.2. The van der Waals surface area contributed by atoms with Crippen molar-refractivity contribution in [3.05, 3.63) is 29.8 Å². The Labute approximate surface area is 318 Å². The Kier molecular flexibility index (Phi) is 35.5. The number of carbonyl (C=O) groups is 1. The average molecular weight is 763 g/mol. The molecule has 2 unspecified atom stereocenters. The summed E-state index contributed by atoms with van der Waals surface area (Å²) in [6.45, 7) is 16.9. The lowest BCUT2D eigenvalue weighted by atomic mass is 9.88. The van der Waals surface area contributed by atoms with Gasteiger partial charge in [-0.25, -0.2) is 4.79 Å². The van der Waals surface area contributed by atoms with Crippen molar-refractivity contribution < 1.29 is 66.7 Å². The zero-order valence-electron chi connectivity index (χ0n) is 32.8. The number of hydrogen-bond acceptors (Lipinski definition) is 13. The number of carboxylic acid groups (broad SMARTS) is 1. The van der Waals surface area contributed by atoms with E-state index in [0.29, 0.717) is 145 Å². The van der Waals surface area contributed by atoms with Crippen molar-refractivity contribution in [3.8, 4) is 5.75 Å². The van der Waals surface area contributed by atoms with Crippen molar-refractivity contribution in [3.63, 3.8) is 0 Å². The van der Waals surface area contributed by atoms with Crippen LogP contribution in [0, 0.1) is 5.92 Å². The van der Waals surface area contributed by atoms with Gasteiger partial charge in [0.1, 0.15) is 19.0 Å². The van der Waals surface area contributed by atoms with E-state index < -0.39 is 5.97 Å². The number of rotatable bonds is 42. The van der Waals surface area contributed by atoms with Crippen LogP contribution in [0.15, 0.2) is 24.3 Å². The van der Waals surface area contributed by atoms with Gasteiger partial charge in [-0.3, -0.25) is 0 Å². The van der Waals surface area contributed by atoms with E-state index in [2.05, 4.69) is 45.0 Å². The van der Waals surface area contributed by atoms with Gasteiger partial charge in [-0.1, -0.05) is 45.7 Å². The molecule has 53 heavy (non-hydrogen) atoms. The summed E-state index contributed by atoms with van der Waals surface area (Å²) in [4.78, 5) is 10.3. The van der Waals surface area contributed by atoms with Crippen LogP contribution in [0.5, 0.6) is 5.75 Å². The fourth-order valence-corrected chi connectivity index (χ4v) is 4.71. The highest BCUT2D eigenvalue weighted by atomic mass is 16.6. The fraction of sp³-hybridized carbons (Fsp3) is 0.821. The van der Waals surface area contributed by atoms with Gasteiger partial charge in [0.15, 0.2) is 0 Å². The highest BCUT2D eigenvalue weighted by molar-refractivity contribution is 5.67. The molecule has 1 aromatic carbocycles. The van der Waals surface area contributed by atoms with Gasteiger partial charge in [0.25, 0.3) is 0 Å². The standard InChI is InChI=1S/C39H70O14/c1-4-35(3)6-7-36(5-2)37-8-10-38(11-9-37)53-33-32-51-29-28-49-25-24-47-21-20-45-17-16-43-13-12-42-14-15-44-18-19-46-22-23-48-26-27-50-30-31-52-34-39(40)41/h8-11,35-36H,4-7,12-34H2,1-3H3,(H,40,41). The Morgan fingerprint density at radius 2 is 0.792 bits per heavy atom. The van der Waals surface area contributed by atoms with Crippen molar-refractivity contribution >= 4 is 5.97 Å². The Morgan fingerprint density at radius 3 is 1.09 bits per heavy atom. The molecule has 14 heteroatoms. The van der Waals surface area contributed by atoms with Crippen LogP contribution in [0.25, 0.3) is 0 Å².